The molecule has 5 nitrogen and oxygen atoms in total. The molecule has 0 N–H and O–H groups in total. The Hall–Kier alpha value is -2.17. The summed E-state index contributed by atoms with van der Waals surface area (Å²) in [7, 11) is 0. The second-order valence-electron chi connectivity index (χ2n) is 6.32. The minimum absolute atomic E-state index is 0.114. The predicted molar refractivity (Wildman–Crippen MR) is 81.7 cm³/mol. The molecule has 1 aliphatic carbocycles. The van der Waals surface area contributed by atoms with Crippen molar-refractivity contribution in [3.05, 3.63) is 35.4 Å². The highest BCUT2D eigenvalue weighted by molar-refractivity contribution is 6.08. The monoisotopic (exact) mass is 300 g/mol. The molecule has 1 aliphatic heterocycles. The SMILES string of the molecule is CC(C)c1ccc(C(=O)CN2C(=O)CN(C3CC3)C2=O)cc1. The van der Waals surface area contributed by atoms with Crippen LogP contribution in [0.15, 0.2) is 24.3 Å². The number of benzene rings is 1. The molecule has 0 unspecified atom stereocenters. The predicted octanol–water partition coefficient (Wildman–Crippen LogP) is 2.42. The summed E-state index contributed by atoms with van der Waals surface area (Å²) < 4.78 is 0. The van der Waals surface area contributed by atoms with Crippen LogP contribution in [-0.2, 0) is 4.79 Å². The lowest BCUT2D eigenvalue weighted by Gasteiger charge is -2.16. The van der Waals surface area contributed by atoms with Gasteiger partial charge < -0.3 is 4.90 Å². The van der Waals surface area contributed by atoms with E-state index in [-0.39, 0.29) is 36.9 Å². The minimum atomic E-state index is -0.320. The van der Waals surface area contributed by atoms with Crippen LogP contribution in [0.25, 0.3) is 0 Å². The van der Waals surface area contributed by atoms with E-state index in [9.17, 15) is 14.4 Å². The molecule has 0 radical (unpaired) electrons. The average molecular weight is 300 g/mol. The van der Waals surface area contributed by atoms with Gasteiger partial charge >= 0.3 is 6.03 Å². The summed E-state index contributed by atoms with van der Waals surface area (Å²) in [6.45, 7) is 4.13. The Morgan fingerprint density at radius 1 is 1.18 bits per heavy atom. The number of carbonyl (C=O) groups excluding carboxylic acids is 3. The van der Waals surface area contributed by atoms with Gasteiger partial charge in [0.05, 0.1) is 6.54 Å². The molecule has 0 aromatic heterocycles. The van der Waals surface area contributed by atoms with E-state index in [1.165, 1.54) is 0 Å². The lowest BCUT2D eigenvalue weighted by atomic mass is 10.0. The van der Waals surface area contributed by atoms with Crippen LogP contribution in [0.4, 0.5) is 4.79 Å². The lowest BCUT2D eigenvalue weighted by Crippen LogP contribution is -2.37. The Balaban J connectivity index is 1.68. The van der Waals surface area contributed by atoms with Crippen LogP contribution in [0, 0.1) is 0 Å². The number of imide groups is 1. The standard InChI is InChI=1S/C17H20N2O3/c1-11(2)12-3-5-13(6-4-12)15(20)9-19-16(21)10-18(17(19)22)14-7-8-14/h3-6,11,14H,7-10H2,1-2H3. The fraction of sp³-hybridized carbons (Fsp3) is 0.471. The number of carbonyl (C=O) groups is 3. The zero-order valence-corrected chi connectivity index (χ0v) is 12.9. The lowest BCUT2D eigenvalue weighted by molar-refractivity contribution is -0.125. The van der Waals surface area contributed by atoms with E-state index >= 15 is 0 Å². The minimum Gasteiger partial charge on any atom is -0.312 e. The summed E-state index contributed by atoms with van der Waals surface area (Å²) in [6.07, 6.45) is 1.91. The number of hydrogen-bond donors (Lipinski definition) is 0. The smallest absolute Gasteiger partial charge is 0.312 e. The summed E-state index contributed by atoms with van der Waals surface area (Å²) >= 11 is 0. The molecule has 0 bridgehead atoms. The van der Waals surface area contributed by atoms with E-state index in [1.807, 2.05) is 12.1 Å². The van der Waals surface area contributed by atoms with Crippen molar-refractivity contribution in [1.29, 1.82) is 0 Å². The Kier molecular flexibility index (Phi) is 3.72. The van der Waals surface area contributed by atoms with Crippen LogP contribution in [0.1, 0.15) is 48.5 Å². The fourth-order valence-corrected chi connectivity index (χ4v) is 2.68. The van der Waals surface area contributed by atoms with Crippen LogP contribution in [0.2, 0.25) is 0 Å². The van der Waals surface area contributed by atoms with Crippen LogP contribution >= 0.6 is 0 Å². The van der Waals surface area contributed by atoms with Crippen molar-refractivity contribution in [3.63, 3.8) is 0 Å². The quantitative estimate of drug-likeness (QED) is 0.620. The molecule has 3 amide bonds. The summed E-state index contributed by atoms with van der Waals surface area (Å²) in [5, 5.41) is 0. The normalized spacial score (nSPS) is 18.5. The van der Waals surface area contributed by atoms with Crippen molar-refractivity contribution in [2.45, 2.75) is 38.6 Å². The van der Waals surface area contributed by atoms with Gasteiger partial charge in [-0.05, 0) is 24.3 Å². The largest absolute Gasteiger partial charge is 0.327 e. The molecule has 116 valence electrons. The van der Waals surface area contributed by atoms with E-state index in [2.05, 4.69) is 13.8 Å². The van der Waals surface area contributed by atoms with Crippen molar-refractivity contribution >= 4 is 17.7 Å². The maximum absolute atomic E-state index is 12.3. The number of nitrogens with zero attached hydrogens (tertiary/aromatic N) is 2. The van der Waals surface area contributed by atoms with Gasteiger partial charge in [-0.3, -0.25) is 14.5 Å². The second-order valence-corrected chi connectivity index (χ2v) is 6.32. The van der Waals surface area contributed by atoms with Crippen molar-refractivity contribution < 1.29 is 14.4 Å². The molecule has 2 fully saturated rings. The van der Waals surface area contributed by atoms with Crippen LogP contribution in [-0.4, -0.2) is 46.7 Å². The van der Waals surface area contributed by atoms with E-state index in [1.54, 1.807) is 17.0 Å². The van der Waals surface area contributed by atoms with E-state index in [0.717, 1.165) is 23.3 Å². The number of hydrogen-bond acceptors (Lipinski definition) is 3. The zero-order valence-electron chi connectivity index (χ0n) is 12.9. The Morgan fingerprint density at radius 2 is 1.82 bits per heavy atom. The molecule has 5 heteroatoms. The van der Waals surface area contributed by atoms with Gasteiger partial charge in [0, 0.05) is 11.6 Å². The van der Waals surface area contributed by atoms with Gasteiger partial charge in [-0.2, -0.15) is 0 Å². The van der Waals surface area contributed by atoms with Crippen molar-refractivity contribution in [3.8, 4) is 0 Å². The average Bonchev–Trinajstić information content (AvgIpc) is 3.30. The van der Waals surface area contributed by atoms with Gasteiger partial charge in [0.25, 0.3) is 5.91 Å². The molecule has 3 rings (SSSR count). The van der Waals surface area contributed by atoms with Crippen LogP contribution in [0.3, 0.4) is 0 Å². The van der Waals surface area contributed by atoms with Crippen molar-refractivity contribution in [1.82, 2.24) is 9.80 Å². The third-order valence-corrected chi connectivity index (χ3v) is 4.27. The first-order valence-electron chi connectivity index (χ1n) is 7.71. The number of rotatable bonds is 5. The molecule has 0 atom stereocenters. The van der Waals surface area contributed by atoms with Gasteiger partial charge in [0.2, 0.25) is 0 Å². The fourth-order valence-electron chi connectivity index (χ4n) is 2.68. The third-order valence-electron chi connectivity index (χ3n) is 4.27. The molecule has 1 saturated carbocycles. The molecule has 2 aliphatic rings. The number of amides is 3. The summed E-state index contributed by atoms with van der Waals surface area (Å²) in [4.78, 5) is 39.1. The van der Waals surface area contributed by atoms with Gasteiger partial charge in [-0.1, -0.05) is 38.1 Å². The first-order valence-corrected chi connectivity index (χ1v) is 7.71. The molecular formula is C17H20N2O3. The first kappa shape index (κ1) is 14.8. The highest BCUT2D eigenvalue weighted by Gasteiger charge is 2.44. The summed E-state index contributed by atoms with van der Waals surface area (Å²) in [6, 6.07) is 7.24. The molecular weight excluding hydrogens is 280 g/mol. The maximum atomic E-state index is 12.3. The third kappa shape index (κ3) is 2.75. The highest BCUT2D eigenvalue weighted by Crippen LogP contribution is 2.30. The second kappa shape index (κ2) is 5.55. The van der Waals surface area contributed by atoms with Gasteiger partial charge in [-0.15, -0.1) is 0 Å². The molecule has 1 aromatic rings. The van der Waals surface area contributed by atoms with Crippen LogP contribution in [0.5, 0.6) is 0 Å². The zero-order chi connectivity index (χ0) is 15.9. The van der Waals surface area contributed by atoms with Crippen molar-refractivity contribution in [2.24, 2.45) is 0 Å². The molecule has 0 spiro atoms. The van der Waals surface area contributed by atoms with Gasteiger partial charge in [0.15, 0.2) is 5.78 Å². The number of Topliss-reactive ketones (excluding diaryl/α,β-unsaturated/α-hetero) is 1. The Morgan fingerprint density at radius 3 is 2.36 bits per heavy atom. The van der Waals surface area contributed by atoms with E-state index in [0.29, 0.717) is 11.5 Å². The van der Waals surface area contributed by atoms with Gasteiger partial charge in [0.1, 0.15) is 6.54 Å². The van der Waals surface area contributed by atoms with Crippen LogP contribution < -0.4 is 0 Å². The highest BCUT2D eigenvalue weighted by atomic mass is 16.2. The maximum Gasteiger partial charge on any atom is 0.327 e. The van der Waals surface area contributed by atoms with Crippen molar-refractivity contribution in [2.75, 3.05) is 13.1 Å². The first-order chi connectivity index (χ1) is 10.5. The van der Waals surface area contributed by atoms with E-state index < -0.39 is 0 Å². The van der Waals surface area contributed by atoms with E-state index in [4.69, 9.17) is 0 Å². The topological polar surface area (TPSA) is 57.7 Å². The molecule has 22 heavy (non-hydrogen) atoms. The Labute approximate surface area is 129 Å². The van der Waals surface area contributed by atoms with Gasteiger partial charge in [-0.25, -0.2) is 4.79 Å². The summed E-state index contributed by atoms with van der Waals surface area (Å²) in [5.74, 6) is -0.0725. The molecule has 1 aromatic carbocycles. The number of ketones is 1. The number of urea groups is 1. The molecule has 1 heterocycles. The summed E-state index contributed by atoms with van der Waals surface area (Å²) in [5.41, 5.74) is 1.69. The molecule has 1 saturated heterocycles. The Bertz CT molecular complexity index is 617.